The molecule has 1 unspecified atom stereocenters. The first kappa shape index (κ1) is 27.9. The molecule has 1 amide bonds. The van der Waals surface area contributed by atoms with Crippen molar-refractivity contribution in [3.63, 3.8) is 0 Å². The molecule has 29 heavy (non-hydrogen) atoms. The molecule has 0 aliphatic rings. The molecule has 1 N–H and O–H groups in total. The highest BCUT2D eigenvalue weighted by molar-refractivity contribution is 5.83. The van der Waals surface area contributed by atoms with Gasteiger partial charge in [0.1, 0.15) is 0 Å². The van der Waals surface area contributed by atoms with Crippen molar-refractivity contribution in [2.75, 3.05) is 27.2 Å². The summed E-state index contributed by atoms with van der Waals surface area (Å²) >= 11 is 0. The molecule has 0 rings (SSSR count). The third-order valence-corrected chi connectivity index (χ3v) is 5.24. The second-order valence-corrected chi connectivity index (χ2v) is 8.57. The Hall–Kier alpha value is -1.10. The van der Waals surface area contributed by atoms with Crippen LogP contribution in [0.4, 0.5) is 0 Å². The predicted molar refractivity (Wildman–Crippen MR) is 122 cm³/mol. The fraction of sp³-hybridized carbons (Fsp3) is 0.917. The molecule has 0 fully saturated rings. The van der Waals surface area contributed by atoms with Gasteiger partial charge in [-0.3, -0.25) is 9.59 Å². The van der Waals surface area contributed by atoms with Crippen LogP contribution in [0.25, 0.3) is 0 Å². The molecule has 0 aromatic carbocycles. The molecule has 0 bridgehead atoms. The van der Waals surface area contributed by atoms with E-state index in [0.29, 0.717) is 13.0 Å². The Morgan fingerprint density at radius 2 is 1.28 bits per heavy atom. The normalized spacial score (nSPS) is 12.2. The molecule has 0 aromatic rings. The van der Waals surface area contributed by atoms with Crippen molar-refractivity contribution in [2.45, 2.75) is 116 Å². The summed E-state index contributed by atoms with van der Waals surface area (Å²) in [5, 5.41) is 2.82. The van der Waals surface area contributed by atoms with Gasteiger partial charge in [0, 0.05) is 13.0 Å². The number of hydrogen-bond acceptors (Lipinski definition) is 4. The molecule has 1 atom stereocenters. The lowest BCUT2D eigenvalue weighted by atomic mass is 10.0. The number of ether oxygens (including phenoxy) is 1. The summed E-state index contributed by atoms with van der Waals surface area (Å²) in [6.45, 7) is 5.44. The molecule has 0 aliphatic heterocycles. The van der Waals surface area contributed by atoms with Gasteiger partial charge in [-0.05, 0) is 40.4 Å². The smallest absolute Gasteiger partial charge is 0.306 e. The van der Waals surface area contributed by atoms with Crippen molar-refractivity contribution in [1.82, 2.24) is 10.2 Å². The lowest BCUT2D eigenvalue weighted by molar-refractivity contribution is -0.154. The molecule has 5 heteroatoms. The Bertz CT molecular complexity index is 400. The van der Waals surface area contributed by atoms with E-state index in [1.54, 1.807) is 6.92 Å². The lowest BCUT2D eigenvalue weighted by Crippen LogP contribution is -2.37. The number of unbranched alkanes of at least 4 members (excludes halogenated alkanes) is 12. The fourth-order valence-electron chi connectivity index (χ4n) is 3.35. The van der Waals surface area contributed by atoms with Gasteiger partial charge in [-0.1, -0.05) is 84.0 Å². The number of carbonyl (C=O) groups is 2. The molecular weight excluding hydrogens is 364 g/mol. The number of amides is 1. The first-order valence-electron chi connectivity index (χ1n) is 12.1. The highest BCUT2D eigenvalue weighted by Crippen LogP contribution is 2.13. The maximum atomic E-state index is 11.9. The molecule has 172 valence electrons. The van der Waals surface area contributed by atoms with Crippen LogP contribution in [0, 0.1) is 0 Å². The number of carbonyl (C=O) groups excluding carboxylic acids is 2. The molecule has 5 nitrogen and oxygen atoms in total. The van der Waals surface area contributed by atoms with Gasteiger partial charge in [0.25, 0.3) is 5.91 Å². The van der Waals surface area contributed by atoms with Crippen molar-refractivity contribution in [3.05, 3.63) is 0 Å². The highest BCUT2D eigenvalue weighted by atomic mass is 16.5. The van der Waals surface area contributed by atoms with Gasteiger partial charge in [-0.25, -0.2) is 0 Å². The first-order valence-corrected chi connectivity index (χ1v) is 12.1. The molecule has 0 saturated heterocycles. The largest absolute Gasteiger partial charge is 0.453 e. The van der Waals surface area contributed by atoms with E-state index in [2.05, 4.69) is 17.1 Å². The van der Waals surface area contributed by atoms with Crippen LogP contribution in [0.5, 0.6) is 0 Å². The van der Waals surface area contributed by atoms with E-state index in [4.69, 9.17) is 4.74 Å². The molecule has 0 spiro atoms. The van der Waals surface area contributed by atoms with E-state index in [9.17, 15) is 9.59 Å². The van der Waals surface area contributed by atoms with Crippen molar-refractivity contribution < 1.29 is 14.3 Å². The summed E-state index contributed by atoms with van der Waals surface area (Å²) in [6, 6.07) is 0. The van der Waals surface area contributed by atoms with Gasteiger partial charge in [-0.15, -0.1) is 0 Å². The van der Waals surface area contributed by atoms with Gasteiger partial charge in [0.2, 0.25) is 0 Å². The van der Waals surface area contributed by atoms with Gasteiger partial charge < -0.3 is 15.0 Å². The topological polar surface area (TPSA) is 58.6 Å². The minimum Gasteiger partial charge on any atom is -0.453 e. The first-order chi connectivity index (χ1) is 14.0. The van der Waals surface area contributed by atoms with Crippen LogP contribution in [-0.4, -0.2) is 50.1 Å². The summed E-state index contributed by atoms with van der Waals surface area (Å²) in [5.74, 6) is -0.466. The zero-order chi connectivity index (χ0) is 21.7. The second-order valence-electron chi connectivity index (χ2n) is 8.57. The van der Waals surface area contributed by atoms with Crippen molar-refractivity contribution in [2.24, 2.45) is 0 Å². The van der Waals surface area contributed by atoms with E-state index >= 15 is 0 Å². The van der Waals surface area contributed by atoms with Gasteiger partial charge in [0.05, 0.1) is 0 Å². The Labute approximate surface area is 180 Å². The SMILES string of the molecule is CCCCCCCCCCCCCCCC(=O)OC(C)C(=O)NCCCN(C)C. The average Bonchev–Trinajstić information content (AvgIpc) is 2.68. The van der Waals surface area contributed by atoms with Crippen LogP contribution in [0.2, 0.25) is 0 Å². The summed E-state index contributed by atoms with van der Waals surface area (Å²) < 4.78 is 5.24. The van der Waals surface area contributed by atoms with Gasteiger partial charge in [-0.2, -0.15) is 0 Å². The average molecular weight is 413 g/mol. The Kier molecular flexibility index (Phi) is 19.4. The zero-order valence-corrected chi connectivity index (χ0v) is 19.8. The Morgan fingerprint density at radius 3 is 1.76 bits per heavy atom. The van der Waals surface area contributed by atoms with Crippen molar-refractivity contribution in [3.8, 4) is 0 Å². The number of rotatable bonds is 20. The van der Waals surface area contributed by atoms with Crippen LogP contribution in [0.15, 0.2) is 0 Å². The fourth-order valence-corrected chi connectivity index (χ4v) is 3.35. The third kappa shape index (κ3) is 20.0. The Balaban J connectivity index is 3.45. The van der Waals surface area contributed by atoms with Gasteiger partial charge >= 0.3 is 5.97 Å². The van der Waals surface area contributed by atoms with Crippen LogP contribution in [0.1, 0.15) is 110 Å². The minimum atomic E-state index is -0.705. The number of esters is 1. The second kappa shape index (κ2) is 20.2. The molecule has 0 radical (unpaired) electrons. The number of nitrogens with one attached hydrogen (secondary N) is 1. The standard InChI is InChI=1S/C24H48N2O3/c1-5-6-7-8-9-10-11-12-13-14-15-16-17-19-23(27)29-22(2)24(28)25-20-18-21-26(3)4/h22H,5-21H2,1-4H3,(H,25,28). The lowest BCUT2D eigenvalue weighted by Gasteiger charge is -2.14. The maximum absolute atomic E-state index is 11.9. The predicted octanol–water partition coefficient (Wildman–Crippen LogP) is 5.47. The summed E-state index contributed by atoms with van der Waals surface area (Å²) in [4.78, 5) is 25.9. The molecule has 0 saturated carbocycles. The maximum Gasteiger partial charge on any atom is 0.306 e. The van der Waals surface area contributed by atoms with Crippen LogP contribution >= 0.6 is 0 Å². The molecule has 0 aromatic heterocycles. The van der Waals surface area contributed by atoms with E-state index < -0.39 is 6.10 Å². The number of hydrogen-bond donors (Lipinski definition) is 1. The molecule has 0 heterocycles. The third-order valence-electron chi connectivity index (χ3n) is 5.24. The van der Waals surface area contributed by atoms with Crippen molar-refractivity contribution >= 4 is 11.9 Å². The minimum absolute atomic E-state index is 0.206. The highest BCUT2D eigenvalue weighted by Gasteiger charge is 2.16. The summed E-state index contributed by atoms with van der Waals surface area (Å²) in [6.07, 6.45) is 17.3. The van der Waals surface area contributed by atoms with Crippen LogP contribution in [-0.2, 0) is 14.3 Å². The van der Waals surface area contributed by atoms with E-state index in [-0.39, 0.29) is 11.9 Å². The molecule has 0 aliphatic carbocycles. The van der Waals surface area contributed by atoms with Gasteiger partial charge in [0.15, 0.2) is 6.10 Å². The van der Waals surface area contributed by atoms with E-state index in [0.717, 1.165) is 25.8 Å². The van der Waals surface area contributed by atoms with E-state index in [1.807, 2.05) is 14.1 Å². The monoisotopic (exact) mass is 412 g/mol. The number of nitrogens with zero attached hydrogens (tertiary/aromatic N) is 1. The quantitative estimate of drug-likeness (QED) is 0.213. The van der Waals surface area contributed by atoms with Crippen LogP contribution in [0.3, 0.4) is 0 Å². The van der Waals surface area contributed by atoms with Crippen molar-refractivity contribution in [1.29, 1.82) is 0 Å². The Morgan fingerprint density at radius 1 is 0.793 bits per heavy atom. The van der Waals surface area contributed by atoms with E-state index in [1.165, 1.54) is 70.6 Å². The molecular formula is C24H48N2O3. The van der Waals surface area contributed by atoms with Crippen LogP contribution < -0.4 is 5.32 Å². The zero-order valence-electron chi connectivity index (χ0n) is 19.8. The summed E-state index contributed by atoms with van der Waals surface area (Å²) in [7, 11) is 4.01. The summed E-state index contributed by atoms with van der Waals surface area (Å²) in [5.41, 5.74) is 0.